The Bertz CT molecular complexity index is 440. The number of hydrogen-bond donors (Lipinski definition) is 1. The second-order valence-electron chi connectivity index (χ2n) is 3.14. The minimum absolute atomic E-state index is 0.141. The molecule has 0 aromatic heterocycles. The van der Waals surface area contributed by atoms with Gasteiger partial charge in [0.05, 0.1) is 13.2 Å². The molecular weight excluding hydrogens is 211 g/mol. The number of methoxy groups -OCH3 is 1. The molecule has 16 heavy (non-hydrogen) atoms. The van der Waals surface area contributed by atoms with E-state index in [-0.39, 0.29) is 11.3 Å². The minimum atomic E-state index is -0.684. The zero-order chi connectivity index (χ0) is 12.1. The van der Waals surface area contributed by atoms with E-state index in [1.54, 1.807) is 0 Å². The van der Waals surface area contributed by atoms with Crippen LogP contribution in [-0.2, 0) is 0 Å². The monoisotopic (exact) mass is 222 g/mol. The number of nitrogens with zero attached hydrogens (tertiary/aromatic N) is 1. The number of ether oxygens (including phenoxy) is 1. The molecular formula is C11H11FN2O2. The van der Waals surface area contributed by atoms with Crippen LogP contribution in [0.1, 0.15) is 17.3 Å². The number of nitriles is 1. The van der Waals surface area contributed by atoms with Crippen molar-refractivity contribution >= 4 is 5.91 Å². The Kier molecular flexibility index (Phi) is 3.84. The van der Waals surface area contributed by atoms with Crippen molar-refractivity contribution < 1.29 is 13.9 Å². The molecule has 5 heteroatoms. The Hall–Kier alpha value is -2.09. The molecule has 1 aromatic rings. The molecule has 1 rings (SSSR count). The summed E-state index contributed by atoms with van der Waals surface area (Å²) in [6.45, 7) is 1.51. The summed E-state index contributed by atoms with van der Waals surface area (Å²) in [5, 5.41) is 10.9. The van der Waals surface area contributed by atoms with Crippen molar-refractivity contribution in [2.45, 2.75) is 13.0 Å². The number of amides is 1. The first-order valence-corrected chi connectivity index (χ1v) is 4.63. The van der Waals surface area contributed by atoms with E-state index in [1.165, 1.54) is 26.2 Å². The fraction of sp³-hybridized carbons (Fsp3) is 0.273. The SMILES string of the molecule is COc1cccc(F)c1C(=O)NC(C)C#N. The van der Waals surface area contributed by atoms with Crippen molar-refractivity contribution in [2.75, 3.05) is 7.11 Å². The summed E-state index contributed by atoms with van der Waals surface area (Å²) in [5.74, 6) is -1.20. The van der Waals surface area contributed by atoms with Crippen LogP contribution in [0, 0.1) is 17.1 Å². The number of hydrogen-bond acceptors (Lipinski definition) is 3. The summed E-state index contributed by atoms with van der Waals surface area (Å²) in [6.07, 6.45) is 0. The Morgan fingerprint density at radius 1 is 1.62 bits per heavy atom. The molecule has 0 aliphatic rings. The first kappa shape index (κ1) is 12.0. The maximum atomic E-state index is 13.4. The van der Waals surface area contributed by atoms with E-state index >= 15 is 0 Å². The van der Waals surface area contributed by atoms with Crippen LogP contribution in [-0.4, -0.2) is 19.1 Å². The number of halogens is 1. The molecule has 0 aliphatic heterocycles. The fourth-order valence-electron chi connectivity index (χ4n) is 1.20. The van der Waals surface area contributed by atoms with Crippen LogP contribution in [0.5, 0.6) is 5.75 Å². The number of benzene rings is 1. The molecule has 1 amide bonds. The molecule has 1 atom stereocenters. The molecule has 0 fully saturated rings. The summed E-state index contributed by atoms with van der Waals surface area (Å²) in [5.41, 5.74) is -0.188. The lowest BCUT2D eigenvalue weighted by Gasteiger charge is -2.10. The summed E-state index contributed by atoms with van der Waals surface area (Å²) in [6, 6.07) is 5.23. The van der Waals surface area contributed by atoms with E-state index < -0.39 is 17.8 Å². The highest BCUT2D eigenvalue weighted by Gasteiger charge is 2.18. The van der Waals surface area contributed by atoms with Gasteiger partial charge in [0.1, 0.15) is 23.2 Å². The average Bonchev–Trinajstić information content (AvgIpc) is 2.28. The third-order valence-corrected chi connectivity index (χ3v) is 1.96. The molecule has 1 N–H and O–H groups in total. The highest BCUT2D eigenvalue weighted by molar-refractivity contribution is 5.97. The second-order valence-corrected chi connectivity index (χ2v) is 3.14. The quantitative estimate of drug-likeness (QED) is 0.842. The molecule has 0 saturated heterocycles. The Morgan fingerprint density at radius 2 is 2.31 bits per heavy atom. The van der Waals surface area contributed by atoms with Crippen molar-refractivity contribution in [3.63, 3.8) is 0 Å². The highest BCUT2D eigenvalue weighted by atomic mass is 19.1. The Balaban J connectivity index is 3.03. The van der Waals surface area contributed by atoms with Gasteiger partial charge in [-0.3, -0.25) is 4.79 Å². The molecule has 0 heterocycles. The van der Waals surface area contributed by atoms with Gasteiger partial charge >= 0.3 is 0 Å². The van der Waals surface area contributed by atoms with Crippen LogP contribution in [0.3, 0.4) is 0 Å². The van der Waals surface area contributed by atoms with E-state index in [0.29, 0.717) is 0 Å². The standard InChI is InChI=1S/C11H11FN2O2/c1-7(6-13)14-11(15)10-8(12)4-3-5-9(10)16-2/h3-5,7H,1-2H3,(H,14,15). The maximum Gasteiger partial charge on any atom is 0.259 e. The molecule has 84 valence electrons. The number of carbonyl (C=O) groups excluding carboxylic acids is 1. The van der Waals surface area contributed by atoms with Crippen LogP contribution < -0.4 is 10.1 Å². The van der Waals surface area contributed by atoms with E-state index in [4.69, 9.17) is 10.00 Å². The molecule has 4 nitrogen and oxygen atoms in total. The largest absolute Gasteiger partial charge is 0.496 e. The van der Waals surface area contributed by atoms with Gasteiger partial charge in [-0.2, -0.15) is 5.26 Å². The topological polar surface area (TPSA) is 62.1 Å². The molecule has 1 aromatic carbocycles. The summed E-state index contributed by atoms with van der Waals surface area (Å²) in [4.78, 5) is 11.6. The lowest BCUT2D eigenvalue weighted by Crippen LogP contribution is -2.32. The van der Waals surface area contributed by atoms with Gasteiger partial charge in [-0.15, -0.1) is 0 Å². The normalized spacial score (nSPS) is 11.4. The summed E-state index contributed by atoms with van der Waals surface area (Å²) < 4.78 is 18.3. The van der Waals surface area contributed by atoms with Crippen molar-refractivity contribution in [3.8, 4) is 11.8 Å². The molecule has 0 bridgehead atoms. The lowest BCUT2D eigenvalue weighted by molar-refractivity contribution is 0.0940. The van der Waals surface area contributed by atoms with Crippen LogP contribution in [0.4, 0.5) is 4.39 Å². The van der Waals surface area contributed by atoms with E-state index in [9.17, 15) is 9.18 Å². The van der Waals surface area contributed by atoms with Gasteiger partial charge < -0.3 is 10.1 Å². The Morgan fingerprint density at radius 3 is 2.88 bits per heavy atom. The van der Waals surface area contributed by atoms with Crippen molar-refractivity contribution in [1.82, 2.24) is 5.32 Å². The molecule has 1 unspecified atom stereocenters. The highest BCUT2D eigenvalue weighted by Crippen LogP contribution is 2.20. The maximum absolute atomic E-state index is 13.4. The first-order chi connectivity index (χ1) is 7.60. The zero-order valence-corrected chi connectivity index (χ0v) is 8.95. The van der Waals surface area contributed by atoms with Gasteiger partial charge in [0.2, 0.25) is 0 Å². The molecule has 0 saturated carbocycles. The third-order valence-electron chi connectivity index (χ3n) is 1.96. The second kappa shape index (κ2) is 5.12. The van der Waals surface area contributed by atoms with E-state index in [1.807, 2.05) is 6.07 Å². The number of nitrogens with one attached hydrogen (secondary N) is 1. The van der Waals surface area contributed by atoms with Crippen LogP contribution in [0.2, 0.25) is 0 Å². The zero-order valence-electron chi connectivity index (χ0n) is 8.95. The van der Waals surface area contributed by atoms with Crippen molar-refractivity contribution in [2.24, 2.45) is 0 Å². The van der Waals surface area contributed by atoms with Gasteiger partial charge in [-0.05, 0) is 19.1 Å². The summed E-state index contributed by atoms with van der Waals surface area (Å²) in [7, 11) is 1.35. The van der Waals surface area contributed by atoms with Crippen molar-refractivity contribution in [1.29, 1.82) is 5.26 Å². The van der Waals surface area contributed by atoms with E-state index in [0.717, 1.165) is 6.07 Å². The van der Waals surface area contributed by atoms with Crippen LogP contribution in [0.15, 0.2) is 18.2 Å². The van der Waals surface area contributed by atoms with Gasteiger partial charge in [0.25, 0.3) is 5.91 Å². The minimum Gasteiger partial charge on any atom is -0.496 e. The molecule has 0 radical (unpaired) electrons. The number of rotatable bonds is 3. The Labute approximate surface area is 92.6 Å². The van der Waals surface area contributed by atoms with Gasteiger partial charge in [0, 0.05) is 0 Å². The molecule has 0 spiro atoms. The fourth-order valence-corrected chi connectivity index (χ4v) is 1.20. The van der Waals surface area contributed by atoms with Crippen molar-refractivity contribution in [3.05, 3.63) is 29.6 Å². The van der Waals surface area contributed by atoms with Gasteiger partial charge in [-0.25, -0.2) is 4.39 Å². The molecule has 0 aliphatic carbocycles. The van der Waals surface area contributed by atoms with Crippen LogP contribution >= 0.6 is 0 Å². The van der Waals surface area contributed by atoms with Gasteiger partial charge in [-0.1, -0.05) is 6.07 Å². The van der Waals surface area contributed by atoms with Gasteiger partial charge in [0.15, 0.2) is 0 Å². The number of carbonyl (C=O) groups is 1. The first-order valence-electron chi connectivity index (χ1n) is 4.63. The predicted octanol–water partition coefficient (Wildman–Crippen LogP) is 1.48. The smallest absolute Gasteiger partial charge is 0.259 e. The third kappa shape index (κ3) is 2.48. The average molecular weight is 222 g/mol. The lowest BCUT2D eigenvalue weighted by atomic mass is 10.1. The van der Waals surface area contributed by atoms with Crippen LogP contribution in [0.25, 0.3) is 0 Å². The predicted molar refractivity (Wildman–Crippen MR) is 55.5 cm³/mol. The van der Waals surface area contributed by atoms with E-state index in [2.05, 4.69) is 5.32 Å². The summed E-state index contributed by atoms with van der Waals surface area (Å²) >= 11 is 0.